The third kappa shape index (κ3) is 4.61. The largest absolute Gasteiger partial charge is 0.347 e. The van der Waals surface area contributed by atoms with Gasteiger partial charge in [0.15, 0.2) is 0 Å². The summed E-state index contributed by atoms with van der Waals surface area (Å²) in [6.45, 7) is 3.65. The lowest BCUT2D eigenvalue weighted by Gasteiger charge is -2.16. The zero-order valence-corrected chi connectivity index (χ0v) is 15.5. The minimum absolute atomic E-state index is 0.153. The first-order chi connectivity index (χ1) is 13.1. The van der Waals surface area contributed by atoms with Crippen molar-refractivity contribution in [1.82, 2.24) is 15.1 Å². The molecule has 2 amide bonds. The molecule has 0 spiro atoms. The van der Waals surface area contributed by atoms with Gasteiger partial charge in [-0.25, -0.2) is 4.68 Å². The molecule has 0 aliphatic carbocycles. The highest BCUT2D eigenvalue weighted by atomic mass is 16.2. The van der Waals surface area contributed by atoms with Crippen molar-refractivity contribution in [2.24, 2.45) is 0 Å². The lowest BCUT2D eigenvalue weighted by atomic mass is 10.2. The molecule has 7 nitrogen and oxygen atoms in total. The number of carbonyl (C=O) groups excluding carboxylic acids is 2. The van der Waals surface area contributed by atoms with Gasteiger partial charge in [-0.1, -0.05) is 25.5 Å². The first-order valence-corrected chi connectivity index (χ1v) is 9.34. The van der Waals surface area contributed by atoms with Crippen molar-refractivity contribution < 1.29 is 9.59 Å². The maximum absolute atomic E-state index is 12.3. The minimum Gasteiger partial charge on any atom is -0.347 e. The van der Waals surface area contributed by atoms with E-state index in [4.69, 9.17) is 0 Å². The molecule has 2 heterocycles. The maximum Gasteiger partial charge on any atom is 0.271 e. The van der Waals surface area contributed by atoms with Gasteiger partial charge >= 0.3 is 0 Å². The molecule has 1 aromatic carbocycles. The number of unbranched alkanes of at least 4 members (excludes halogenated alkanes) is 1. The molecule has 1 fully saturated rings. The van der Waals surface area contributed by atoms with Gasteiger partial charge in [0.05, 0.1) is 0 Å². The van der Waals surface area contributed by atoms with Gasteiger partial charge in [0.1, 0.15) is 5.69 Å². The molecule has 1 aliphatic rings. The molecule has 7 heteroatoms. The Bertz CT molecular complexity index is 874. The number of hydrogen-bond acceptors (Lipinski definition) is 4. The standard InChI is InChI=1S/C20H24N4O3/c1-2-3-13-24-19(26)11-10-17(22-24)20(27)21-14-15-6-8-16(9-7-15)23-12-4-5-18(23)25/h6-11H,2-5,12-14H2,1H3,(H,21,27). The topological polar surface area (TPSA) is 84.3 Å². The number of rotatable bonds is 7. The summed E-state index contributed by atoms with van der Waals surface area (Å²) in [4.78, 5) is 37.7. The first-order valence-electron chi connectivity index (χ1n) is 9.34. The number of hydrogen-bond donors (Lipinski definition) is 1. The van der Waals surface area contributed by atoms with E-state index in [1.54, 1.807) is 4.90 Å². The summed E-state index contributed by atoms with van der Waals surface area (Å²) in [6.07, 6.45) is 3.28. The van der Waals surface area contributed by atoms with Gasteiger partial charge in [-0.2, -0.15) is 5.10 Å². The Balaban J connectivity index is 1.60. The Morgan fingerprint density at radius 3 is 2.59 bits per heavy atom. The van der Waals surface area contributed by atoms with Gasteiger partial charge in [0.2, 0.25) is 5.91 Å². The van der Waals surface area contributed by atoms with Crippen LogP contribution in [-0.2, 0) is 17.9 Å². The first kappa shape index (κ1) is 18.8. The van der Waals surface area contributed by atoms with Crippen LogP contribution in [0.4, 0.5) is 5.69 Å². The molecule has 2 aromatic rings. The molecule has 0 radical (unpaired) electrons. The van der Waals surface area contributed by atoms with E-state index in [-0.39, 0.29) is 23.1 Å². The molecule has 1 saturated heterocycles. The van der Waals surface area contributed by atoms with E-state index in [2.05, 4.69) is 10.4 Å². The monoisotopic (exact) mass is 368 g/mol. The van der Waals surface area contributed by atoms with Crippen LogP contribution in [0.5, 0.6) is 0 Å². The van der Waals surface area contributed by atoms with Crippen LogP contribution in [-0.4, -0.2) is 28.1 Å². The maximum atomic E-state index is 12.3. The minimum atomic E-state index is -0.320. The second-order valence-electron chi connectivity index (χ2n) is 6.63. The van der Waals surface area contributed by atoms with Crippen LogP contribution >= 0.6 is 0 Å². The zero-order chi connectivity index (χ0) is 19.2. The van der Waals surface area contributed by atoms with E-state index in [0.717, 1.165) is 37.1 Å². The molecular formula is C20H24N4O3. The van der Waals surface area contributed by atoms with Gasteiger partial charge in [-0.05, 0) is 36.6 Å². The number of benzene rings is 1. The van der Waals surface area contributed by atoms with Crippen molar-refractivity contribution in [3.05, 3.63) is 58.0 Å². The molecule has 142 valence electrons. The normalized spacial score (nSPS) is 13.8. The van der Waals surface area contributed by atoms with Gasteiger partial charge in [0, 0.05) is 37.8 Å². The quantitative estimate of drug-likeness (QED) is 0.811. The molecule has 0 atom stereocenters. The number of anilines is 1. The average Bonchev–Trinajstić information content (AvgIpc) is 3.11. The Hall–Kier alpha value is -2.96. The average molecular weight is 368 g/mol. The summed E-state index contributed by atoms with van der Waals surface area (Å²) >= 11 is 0. The lowest BCUT2D eigenvalue weighted by Crippen LogP contribution is -2.29. The third-order valence-corrected chi connectivity index (χ3v) is 4.60. The molecule has 27 heavy (non-hydrogen) atoms. The SMILES string of the molecule is CCCCn1nc(C(=O)NCc2ccc(N3CCCC3=O)cc2)ccc1=O. The van der Waals surface area contributed by atoms with Crippen LogP contribution in [0.15, 0.2) is 41.2 Å². The predicted octanol–water partition coefficient (Wildman–Crippen LogP) is 2.10. The Labute approximate surface area is 158 Å². The summed E-state index contributed by atoms with van der Waals surface area (Å²) in [7, 11) is 0. The van der Waals surface area contributed by atoms with Crippen molar-refractivity contribution in [3.8, 4) is 0 Å². The van der Waals surface area contributed by atoms with Crippen LogP contribution in [0.25, 0.3) is 0 Å². The summed E-state index contributed by atoms with van der Waals surface area (Å²) < 4.78 is 1.33. The molecule has 1 N–H and O–H groups in total. The van der Waals surface area contributed by atoms with Crippen molar-refractivity contribution in [2.45, 2.75) is 45.7 Å². The lowest BCUT2D eigenvalue weighted by molar-refractivity contribution is -0.117. The summed E-state index contributed by atoms with van der Waals surface area (Å²) in [6, 6.07) is 10.4. The highest BCUT2D eigenvalue weighted by Gasteiger charge is 2.21. The highest BCUT2D eigenvalue weighted by Crippen LogP contribution is 2.21. The van der Waals surface area contributed by atoms with Crippen molar-refractivity contribution in [2.75, 3.05) is 11.4 Å². The smallest absolute Gasteiger partial charge is 0.271 e. The summed E-state index contributed by atoms with van der Waals surface area (Å²) in [5, 5.41) is 6.96. The molecule has 0 unspecified atom stereocenters. The molecule has 3 rings (SSSR count). The second-order valence-corrected chi connectivity index (χ2v) is 6.63. The zero-order valence-electron chi connectivity index (χ0n) is 15.5. The Morgan fingerprint density at radius 2 is 1.93 bits per heavy atom. The van der Waals surface area contributed by atoms with E-state index in [9.17, 15) is 14.4 Å². The number of amides is 2. The van der Waals surface area contributed by atoms with Gasteiger partial charge in [-0.3, -0.25) is 14.4 Å². The number of aryl methyl sites for hydroxylation is 1. The van der Waals surface area contributed by atoms with E-state index in [1.807, 2.05) is 31.2 Å². The number of nitrogens with zero attached hydrogens (tertiary/aromatic N) is 3. The van der Waals surface area contributed by atoms with E-state index < -0.39 is 0 Å². The van der Waals surface area contributed by atoms with Crippen LogP contribution in [0.3, 0.4) is 0 Å². The second kappa shape index (κ2) is 8.62. The molecular weight excluding hydrogens is 344 g/mol. The van der Waals surface area contributed by atoms with Crippen molar-refractivity contribution in [3.63, 3.8) is 0 Å². The Kier molecular flexibility index (Phi) is 6.01. The van der Waals surface area contributed by atoms with Crippen LogP contribution in [0, 0.1) is 0 Å². The fourth-order valence-corrected chi connectivity index (χ4v) is 3.03. The van der Waals surface area contributed by atoms with Gasteiger partial charge < -0.3 is 10.2 Å². The van der Waals surface area contributed by atoms with Crippen LogP contribution in [0.1, 0.15) is 48.7 Å². The summed E-state index contributed by atoms with van der Waals surface area (Å²) in [5.74, 6) is -0.167. The molecule has 1 aliphatic heterocycles. The number of carbonyl (C=O) groups is 2. The van der Waals surface area contributed by atoms with Gasteiger partial charge in [-0.15, -0.1) is 0 Å². The van der Waals surface area contributed by atoms with Crippen molar-refractivity contribution in [1.29, 1.82) is 0 Å². The fourth-order valence-electron chi connectivity index (χ4n) is 3.03. The molecule has 1 aromatic heterocycles. The van der Waals surface area contributed by atoms with Crippen LogP contribution < -0.4 is 15.8 Å². The van der Waals surface area contributed by atoms with Gasteiger partial charge in [0.25, 0.3) is 11.5 Å². The predicted molar refractivity (Wildman–Crippen MR) is 103 cm³/mol. The molecule has 0 bridgehead atoms. The Morgan fingerprint density at radius 1 is 1.15 bits per heavy atom. The van der Waals surface area contributed by atoms with E-state index in [1.165, 1.54) is 16.8 Å². The number of nitrogens with one attached hydrogen (secondary N) is 1. The fraction of sp³-hybridized carbons (Fsp3) is 0.400. The number of aromatic nitrogens is 2. The van der Waals surface area contributed by atoms with E-state index >= 15 is 0 Å². The highest BCUT2D eigenvalue weighted by molar-refractivity contribution is 5.95. The van der Waals surface area contributed by atoms with E-state index in [0.29, 0.717) is 19.5 Å². The summed E-state index contributed by atoms with van der Waals surface area (Å²) in [5.41, 5.74) is 1.84. The molecule has 0 saturated carbocycles. The van der Waals surface area contributed by atoms with Crippen molar-refractivity contribution >= 4 is 17.5 Å². The third-order valence-electron chi connectivity index (χ3n) is 4.60. The van der Waals surface area contributed by atoms with Crippen LogP contribution in [0.2, 0.25) is 0 Å².